The monoisotopic (exact) mass is 406 g/mol. The minimum absolute atomic E-state index is 0.0805. The maximum atomic E-state index is 5.42. The maximum absolute atomic E-state index is 5.42. The zero-order chi connectivity index (χ0) is 21.1. The number of anilines is 1. The zero-order valence-electron chi connectivity index (χ0n) is 18.2. The highest BCUT2D eigenvalue weighted by molar-refractivity contribution is 5.72. The normalized spacial score (nSPS) is 16.1. The van der Waals surface area contributed by atoms with Crippen molar-refractivity contribution in [1.82, 2.24) is 24.6 Å². The molecule has 1 fully saturated rings. The van der Waals surface area contributed by atoms with Crippen LogP contribution in [0.2, 0.25) is 0 Å². The second-order valence-corrected chi connectivity index (χ2v) is 7.87. The van der Waals surface area contributed by atoms with E-state index in [0.29, 0.717) is 0 Å². The van der Waals surface area contributed by atoms with E-state index in [-0.39, 0.29) is 6.10 Å². The van der Waals surface area contributed by atoms with Crippen molar-refractivity contribution < 1.29 is 4.74 Å². The van der Waals surface area contributed by atoms with E-state index in [9.17, 15) is 0 Å². The fraction of sp³-hybridized carbons (Fsp3) is 0.435. The molecule has 30 heavy (non-hydrogen) atoms. The number of ether oxygens (including phenoxy) is 1. The van der Waals surface area contributed by atoms with Gasteiger partial charge in [0, 0.05) is 76.1 Å². The Morgan fingerprint density at radius 3 is 2.37 bits per heavy atom. The van der Waals surface area contributed by atoms with Gasteiger partial charge in [-0.15, -0.1) is 0 Å². The van der Waals surface area contributed by atoms with Crippen molar-refractivity contribution in [2.24, 2.45) is 7.05 Å². The SMILES string of the molecule is COC(C)c1ccc(-c2nccnc2N2CCN(Cc3cnn(C)c3C)CC2)cc1. The van der Waals surface area contributed by atoms with E-state index >= 15 is 0 Å². The second-order valence-electron chi connectivity index (χ2n) is 7.87. The van der Waals surface area contributed by atoms with E-state index in [4.69, 9.17) is 4.74 Å². The lowest BCUT2D eigenvalue weighted by atomic mass is 10.1. The van der Waals surface area contributed by atoms with E-state index in [1.165, 1.54) is 11.3 Å². The van der Waals surface area contributed by atoms with Gasteiger partial charge in [0.25, 0.3) is 0 Å². The number of aryl methyl sites for hydroxylation is 1. The third-order valence-electron chi connectivity index (χ3n) is 6.09. The van der Waals surface area contributed by atoms with Crippen LogP contribution < -0.4 is 4.90 Å². The fourth-order valence-electron chi connectivity index (χ4n) is 3.87. The molecule has 0 saturated carbocycles. The van der Waals surface area contributed by atoms with E-state index in [1.54, 1.807) is 19.5 Å². The Morgan fingerprint density at radius 2 is 1.73 bits per heavy atom. The number of hydrogen-bond acceptors (Lipinski definition) is 6. The molecule has 7 heteroatoms. The number of nitrogens with zero attached hydrogens (tertiary/aromatic N) is 6. The summed E-state index contributed by atoms with van der Waals surface area (Å²) in [6.07, 6.45) is 5.62. The number of rotatable bonds is 6. The molecule has 1 aromatic carbocycles. The molecule has 3 heterocycles. The average molecular weight is 407 g/mol. The molecule has 0 radical (unpaired) electrons. The van der Waals surface area contributed by atoms with Gasteiger partial charge in [0.05, 0.1) is 12.3 Å². The van der Waals surface area contributed by atoms with Crippen molar-refractivity contribution >= 4 is 5.82 Å². The van der Waals surface area contributed by atoms with Crippen molar-refractivity contribution in [3.05, 3.63) is 59.7 Å². The topological polar surface area (TPSA) is 59.3 Å². The number of benzene rings is 1. The van der Waals surface area contributed by atoms with E-state index in [1.807, 2.05) is 17.9 Å². The van der Waals surface area contributed by atoms with Gasteiger partial charge >= 0.3 is 0 Å². The molecule has 0 aliphatic carbocycles. The number of hydrogen-bond donors (Lipinski definition) is 0. The number of methoxy groups -OCH3 is 1. The van der Waals surface area contributed by atoms with Crippen LogP contribution in [-0.2, 0) is 18.3 Å². The van der Waals surface area contributed by atoms with Crippen molar-refractivity contribution in [3.63, 3.8) is 0 Å². The summed E-state index contributed by atoms with van der Waals surface area (Å²) in [6, 6.07) is 8.44. The standard InChI is InChI=1S/C23H30N6O/c1-17-21(15-26-27(17)3)16-28-11-13-29(14-12-28)23-22(24-9-10-25-23)20-7-5-19(6-8-20)18(2)30-4/h5-10,15,18H,11-14,16H2,1-4H3. The van der Waals surface area contributed by atoms with Crippen LogP contribution in [0.5, 0.6) is 0 Å². The van der Waals surface area contributed by atoms with Crippen LogP contribution in [0, 0.1) is 6.92 Å². The molecular weight excluding hydrogens is 376 g/mol. The van der Waals surface area contributed by atoms with Gasteiger partial charge in [0.2, 0.25) is 0 Å². The molecule has 7 nitrogen and oxygen atoms in total. The lowest BCUT2D eigenvalue weighted by molar-refractivity contribution is 0.119. The Labute approximate surface area is 178 Å². The first kappa shape index (κ1) is 20.5. The number of aromatic nitrogens is 4. The van der Waals surface area contributed by atoms with E-state index in [2.05, 4.69) is 63.0 Å². The van der Waals surface area contributed by atoms with Crippen LogP contribution in [0.3, 0.4) is 0 Å². The molecule has 0 spiro atoms. The molecule has 0 N–H and O–H groups in total. The van der Waals surface area contributed by atoms with Crippen LogP contribution in [0.25, 0.3) is 11.3 Å². The van der Waals surface area contributed by atoms with Crippen molar-refractivity contribution in [3.8, 4) is 11.3 Å². The van der Waals surface area contributed by atoms with Gasteiger partial charge in [0.1, 0.15) is 5.69 Å². The molecule has 1 atom stereocenters. The molecule has 4 rings (SSSR count). The van der Waals surface area contributed by atoms with Gasteiger partial charge in [-0.3, -0.25) is 14.6 Å². The first-order chi connectivity index (χ1) is 14.6. The van der Waals surface area contributed by atoms with Crippen molar-refractivity contribution in [2.75, 3.05) is 38.2 Å². The lowest BCUT2D eigenvalue weighted by Gasteiger charge is -2.35. The highest BCUT2D eigenvalue weighted by Gasteiger charge is 2.22. The van der Waals surface area contributed by atoms with Gasteiger partial charge in [-0.1, -0.05) is 24.3 Å². The van der Waals surface area contributed by atoms with Crippen LogP contribution >= 0.6 is 0 Å². The van der Waals surface area contributed by atoms with Crippen LogP contribution in [0.1, 0.15) is 29.8 Å². The molecule has 1 saturated heterocycles. The molecular formula is C23H30N6O. The predicted octanol–water partition coefficient (Wildman–Crippen LogP) is 3.22. The molecule has 0 amide bonds. The Bertz CT molecular complexity index is 976. The van der Waals surface area contributed by atoms with Gasteiger partial charge in [-0.25, -0.2) is 4.98 Å². The molecule has 1 unspecified atom stereocenters. The second kappa shape index (κ2) is 8.93. The molecule has 2 aromatic heterocycles. The summed E-state index contributed by atoms with van der Waals surface area (Å²) in [5.41, 5.74) is 5.71. The van der Waals surface area contributed by atoms with E-state index in [0.717, 1.165) is 55.4 Å². The maximum Gasteiger partial charge on any atom is 0.155 e. The van der Waals surface area contributed by atoms with Crippen LogP contribution in [0.4, 0.5) is 5.82 Å². The Hall–Kier alpha value is -2.77. The summed E-state index contributed by atoms with van der Waals surface area (Å²) >= 11 is 0. The smallest absolute Gasteiger partial charge is 0.155 e. The first-order valence-corrected chi connectivity index (χ1v) is 10.5. The van der Waals surface area contributed by atoms with Gasteiger partial charge in [0.15, 0.2) is 5.82 Å². The molecule has 1 aliphatic heterocycles. The summed E-state index contributed by atoms with van der Waals surface area (Å²) in [4.78, 5) is 14.2. The minimum atomic E-state index is 0.0805. The summed E-state index contributed by atoms with van der Waals surface area (Å²) in [7, 11) is 3.73. The summed E-state index contributed by atoms with van der Waals surface area (Å²) < 4.78 is 7.36. The van der Waals surface area contributed by atoms with Crippen molar-refractivity contribution in [2.45, 2.75) is 26.5 Å². The Kier molecular flexibility index (Phi) is 6.11. The third kappa shape index (κ3) is 4.22. The summed E-state index contributed by atoms with van der Waals surface area (Å²) in [5.74, 6) is 0.960. The molecule has 158 valence electrons. The van der Waals surface area contributed by atoms with Crippen LogP contribution in [0.15, 0.2) is 42.9 Å². The van der Waals surface area contributed by atoms with Crippen molar-refractivity contribution in [1.29, 1.82) is 0 Å². The molecule has 0 bridgehead atoms. The number of piperazine rings is 1. The van der Waals surface area contributed by atoms with Gasteiger partial charge < -0.3 is 9.64 Å². The third-order valence-corrected chi connectivity index (χ3v) is 6.09. The highest BCUT2D eigenvalue weighted by Crippen LogP contribution is 2.29. The predicted molar refractivity (Wildman–Crippen MR) is 118 cm³/mol. The zero-order valence-corrected chi connectivity index (χ0v) is 18.2. The van der Waals surface area contributed by atoms with E-state index < -0.39 is 0 Å². The van der Waals surface area contributed by atoms with Crippen LogP contribution in [-0.4, -0.2) is 57.9 Å². The van der Waals surface area contributed by atoms with Gasteiger partial charge in [-0.2, -0.15) is 5.10 Å². The summed E-state index contributed by atoms with van der Waals surface area (Å²) in [5, 5.41) is 4.37. The lowest BCUT2D eigenvalue weighted by Crippen LogP contribution is -2.46. The summed E-state index contributed by atoms with van der Waals surface area (Å²) in [6.45, 7) is 8.98. The first-order valence-electron chi connectivity index (χ1n) is 10.5. The Morgan fingerprint density at radius 1 is 1.03 bits per heavy atom. The quantitative estimate of drug-likeness (QED) is 0.627. The Balaban J connectivity index is 1.46. The van der Waals surface area contributed by atoms with Gasteiger partial charge in [-0.05, 0) is 19.4 Å². The average Bonchev–Trinajstić information content (AvgIpc) is 3.11. The molecule has 1 aliphatic rings. The minimum Gasteiger partial charge on any atom is -0.377 e. The highest BCUT2D eigenvalue weighted by atomic mass is 16.5. The molecule has 3 aromatic rings. The fourth-order valence-corrected chi connectivity index (χ4v) is 3.87. The largest absolute Gasteiger partial charge is 0.377 e.